The van der Waals surface area contributed by atoms with Crippen molar-refractivity contribution < 1.29 is 5.11 Å². The Morgan fingerprint density at radius 1 is 1.29 bits per heavy atom. The van der Waals surface area contributed by atoms with E-state index in [4.69, 9.17) is 0 Å². The van der Waals surface area contributed by atoms with E-state index >= 15 is 0 Å². The van der Waals surface area contributed by atoms with E-state index in [2.05, 4.69) is 20.1 Å². The Labute approximate surface area is 101 Å². The Bertz CT molecular complexity index is 384. The van der Waals surface area contributed by atoms with Gasteiger partial charge < -0.3 is 15.0 Å². The standard InChI is InChI=1S/C12H20N4O/c17-8-9-4-5-11-14-15-12(16(11)7-9)10-3-1-2-6-13-10/h9-10,13,17H,1-8H2. The fourth-order valence-electron chi connectivity index (χ4n) is 2.89. The normalized spacial score (nSPS) is 29.0. The highest BCUT2D eigenvalue weighted by atomic mass is 16.3. The second-order valence-corrected chi connectivity index (χ2v) is 5.17. The van der Waals surface area contributed by atoms with Gasteiger partial charge in [-0.25, -0.2) is 0 Å². The van der Waals surface area contributed by atoms with Crippen LogP contribution in [0, 0.1) is 5.92 Å². The number of fused-ring (bicyclic) bond motifs is 1. The van der Waals surface area contributed by atoms with Crippen molar-refractivity contribution in [2.24, 2.45) is 5.92 Å². The molecule has 1 saturated heterocycles. The van der Waals surface area contributed by atoms with Crippen molar-refractivity contribution in [2.45, 2.75) is 44.7 Å². The van der Waals surface area contributed by atoms with Gasteiger partial charge in [-0.1, -0.05) is 6.42 Å². The lowest BCUT2D eigenvalue weighted by Gasteiger charge is -2.27. The van der Waals surface area contributed by atoms with E-state index in [0.29, 0.717) is 12.0 Å². The molecule has 0 bridgehead atoms. The van der Waals surface area contributed by atoms with E-state index in [-0.39, 0.29) is 6.61 Å². The molecule has 5 heteroatoms. The van der Waals surface area contributed by atoms with Crippen molar-refractivity contribution in [1.82, 2.24) is 20.1 Å². The summed E-state index contributed by atoms with van der Waals surface area (Å²) in [5.74, 6) is 2.55. The minimum atomic E-state index is 0.273. The fourth-order valence-corrected chi connectivity index (χ4v) is 2.89. The van der Waals surface area contributed by atoms with E-state index in [9.17, 15) is 5.11 Å². The number of aryl methyl sites for hydroxylation is 1. The largest absolute Gasteiger partial charge is 0.396 e. The molecule has 0 saturated carbocycles. The Kier molecular flexibility index (Phi) is 3.11. The molecule has 1 fully saturated rings. The third-order valence-electron chi connectivity index (χ3n) is 3.95. The molecule has 0 amide bonds. The summed E-state index contributed by atoms with van der Waals surface area (Å²) in [6.07, 6.45) is 5.67. The van der Waals surface area contributed by atoms with Crippen LogP contribution in [-0.4, -0.2) is 33.0 Å². The van der Waals surface area contributed by atoms with Crippen LogP contribution in [0.25, 0.3) is 0 Å². The number of aliphatic hydroxyl groups is 1. The van der Waals surface area contributed by atoms with E-state index in [0.717, 1.165) is 44.0 Å². The lowest BCUT2D eigenvalue weighted by atomic mass is 9.99. The van der Waals surface area contributed by atoms with Crippen molar-refractivity contribution in [2.75, 3.05) is 13.2 Å². The van der Waals surface area contributed by atoms with Gasteiger partial charge in [0.05, 0.1) is 6.04 Å². The molecule has 1 aromatic rings. The topological polar surface area (TPSA) is 63.0 Å². The van der Waals surface area contributed by atoms with E-state index in [1.807, 2.05) is 0 Å². The first-order chi connectivity index (χ1) is 8.38. The molecule has 94 valence electrons. The molecule has 2 aliphatic rings. The van der Waals surface area contributed by atoms with E-state index in [1.54, 1.807) is 0 Å². The average Bonchev–Trinajstić information content (AvgIpc) is 2.82. The number of hydrogen-bond acceptors (Lipinski definition) is 4. The highest BCUT2D eigenvalue weighted by Crippen LogP contribution is 2.26. The van der Waals surface area contributed by atoms with Gasteiger partial charge in [-0.3, -0.25) is 0 Å². The number of nitrogens with one attached hydrogen (secondary N) is 1. The Balaban J connectivity index is 1.83. The molecule has 0 spiro atoms. The molecule has 3 rings (SSSR count). The Morgan fingerprint density at radius 3 is 3.00 bits per heavy atom. The van der Waals surface area contributed by atoms with Crippen LogP contribution >= 0.6 is 0 Å². The van der Waals surface area contributed by atoms with E-state index in [1.165, 1.54) is 12.8 Å². The first-order valence-electron chi connectivity index (χ1n) is 6.64. The predicted octanol–water partition coefficient (Wildman–Crippen LogP) is 0.647. The number of rotatable bonds is 2. The maximum Gasteiger partial charge on any atom is 0.150 e. The van der Waals surface area contributed by atoms with Crippen LogP contribution in [0.1, 0.15) is 43.4 Å². The summed E-state index contributed by atoms with van der Waals surface area (Å²) in [6.45, 7) is 2.23. The number of piperidine rings is 1. The van der Waals surface area contributed by atoms with Crippen molar-refractivity contribution in [3.63, 3.8) is 0 Å². The number of aliphatic hydroxyl groups excluding tert-OH is 1. The number of aromatic nitrogens is 3. The Morgan fingerprint density at radius 2 is 2.24 bits per heavy atom. The second-order valence-electron chi connectivity index (χ2n) is 5.17. The van der Waals surface area contributed by atoms with Gasteiger partial charge in [-0.05, 0) is 25.8 Å². The third kappa shape index (κ3) is 2.09. The zero-order chi connectivity index (χ0) is 11.7. The van der Waals surface area contributed by atoms with Crippen molar-refractivity contribution >= 4 is 0 Å². The number of hydrogen-bond donors (Lipinski definition) is 2. The summed E-state index contributed by atoms with van der Waals surface area (Å²) in [4.78, 5) is 0. The monoisotopic (exact) mass is 236 g/mol. The van der Waals surface area contributed by atoms with Crippen molar-refractivity contribution in [3.05, 3.63) is 11.6 Å². The molecule has 1 aromatic heterocycles. The zero-order valence-electron chi connectivity index (χ0n) is 10.1. The summed E-state index contributed by atoms with van der Waals surface area (Å²) in [5.41, 5.74) is 0. The highest BCUT2D eigenvalue weighted by Gasteiger charge is 2.27. The summed E-state index contributed by atoms with van der Waals surface area (Å²) in [6, 6.07) is 0.363. The molecule has 2 N–H and O–H groups in total. The van der Waals surface area contributed by atoms with Crippen LogP contribution in [0.2, 0.25) is 0 Å². The molecule has 2 atom stereocenters. The van der Waals surface area contributed by atoms with Gasteiger partial charge in [-0.15, -0.1) is 10.2 Å². The third-order valence-corrected chi connectivity index (χ3v) is 3.95. The smallest absolute Gasteiger partial charge is 0.150 e. The van der Waals surface area contributed by atoms with Gasteiger partial charge in [0.25, 0.3) is 0 Å². The maximum atomic E-state index is 9.29. The minimum Gasteiger partial charge on any atom is -0.396 e. The van der Waals surface area contributed by atoms with Crippen molar-refractivity contribution in [3.8, 4) is 0 Å². The van der Waals surface area contributed by atoms with Crippen LogP contribution in [0.15, 0.2) is 0 Å². The molecule has 0 aromatic carbocycles. The molecule has 0 aliphatic carbocycles. The van der Waals surface area contributed by atoms with E-state index < -0.39 is 0 Å². The Hall–Kier alpha value is -0.940. The van der Waals surface area contributed by atoms with Crippen LogP contribution in [0.3, 0.4) is 0 Å². The van der Waals surface area contributed by atoms with Gasteiger partial charge in [0.2, 0.25) is 0 Å². The molecule has 3 heterocycles. The van der Waals surface area contributed by atoms with Gasteiger partial charge in [-0.2, -0.15) is 0 Å². The van der Waals surface area contributed by atoms with Gasteiger partial charge >= 0.3 is 0 Å². The first-order valence-corrected chi connectivity index (χ1v) is 6.64. The van der Waals surface area contributed by atoms with Gasteiger partial charge in [0.1, 0.15) is 11.6 Å². The average molecular weight is 236 g/mol. The second kappa shape index (κ2) is 4.74. The number of nitrogens with zero attached hydrogens (tertiary/aromatic N) is 3. The fraction of sp³-hybridized carbons (Fsp3) is 0.833. The minimum absolute atomic E-state index is 0.273. The molecule has 2 unspecified atom stereocenters. The van der Waals surface area contributed by atoms with Crippen LogP contribution in [0.4, 0.5) is 0 Å². The summed E-state index contributed by atoms with van der Waals surface area (Å²) in [5, 5.41) is 21.5. The quantitative estimate of drug-likeness (QED) is 0.791. The molecular formula is C12H20N4O. The molecule has 2 aliphatic heterocycles. The molecular weight excluding hydrogens is 216 g/mol. The maximum absolute atomic E-state index is 9.29. The van der Waals surface area contributed by atoms with Gasteiger partial charge in [0.15, 0.2) is 0 Å². The summed E-state index contributed by atoms with van der Waals surface area (Å²) >= 11 is 0. The lowest BCUT2D eigenvalue weighted by Crippen LogP contribution is -2.31. The molecule has 17 heavy (non-hydrogen) atoms. The molecule has 0 radical (unpaired) electrons. The van der Waals surface area contributed by atoms with Crippen LogP contribution in [0.5, 0.6) is 0 Å². The first kappa shape index (κ1) is 11.2. The summed E-state index contributed by atoms with van der Waals surface area (Å²) < 4.78 is 2.23. The van der Waals surface area contributed by atoms with Crippen molar-refractivity contribution in [1.29, 1.82) is 0 Å². The van der Waals surface area contributed by atoms with Crippen LogP contribution in [-0.2, 0) is 13.0 Å². The predicted molar refractivity (Wildman–Crippen MR) is 63.5 cm³/mol. The van der Waals surface area contributed by atoms with Crippen LogP contribution < -0.4 is 5.32 Å². The molecule has 5 nitrogen and oxygen atoms in total. The lowest BCUT2D eigenvalue weighted by molar-refractivity contribution is 0.187. The zero-order valence-corrected chi connectivity index (χ0v) is 10.1. The highest BCUT2D eigenvalue weighted by molar-refractivity contribution is 5.05. The SMILES string of the molecule is OCC1CCc2nnc(C3CCCCN3)n2C1. The van der Waals surface area contributed by atoms with Gasteiger partial charge in [0, 0.05) is 25.5 Å². The summed E-state index contributed by atoms with van der Waals surface area (Å²) in [7, 11) is 0.